The zero-order valence-electron chi connectivity index (χ0n) is 23.0. The molecule has 9 heteroatoms. The van der Waals surface area contributed by atoms with Crippen molar-refractivity contribution in [2.24, 2.45) is 11.3 Å². The van der Waals surface area contributed by atoms with Crippen molar-refractivity contribution >= 4 is 5.78 Å². The van der Waals surface area contributed by atoms with E-state index < -0.39 is 11.5 Å². The predicted octanol–water partition coefficient (Wildman–Crippen LogP) is 4.12. The second kappa shape index (κ2) is 11.4. The molecule has 2 aromatic carbocycles. The Morgan fingerprint density at radius 1 is 1.13 bits per heavy atom. The Labute approximate surface area is 228 Å². The van der Waals surface area contributed by atoms with Crippen molar-refractivity contribution in [1.82, 2.24) is 19.2 Å². The third-order valence-electron chi connectivity index (χ3n) is 7.81. The fraction of sp³-hybridized carbons (Fsp3) is 0.500. The maximum Gasteiger partial charge on any atom is 0.351 e. The Kier molecular flexibility index (Phi) is 8.00. The van der Waals surface area contributed by atoms with Crippen LogP contribution in [0.4, 0.5) is 4.39 Å². The zero-order chi connectivity index (χ0) is 27.6. The molecule has 5 rings (SSSR count). The number of benzene rings is 2. The van der Waals surface area contributed by atoms with Crippen LogP contribution >= 0.6 is 0 Å². The number of hydrogen-bond donors (Lipinski definition) is 0. The van der Waals surface area contributed by atoms with Crippen molar-refractivity contribution in [3.8, 4) is 22.8 Å². The van der Waals surface area contributed by atoms with Crippen LogP contribution in [-0.4, -0.2) is 65.0 Å². The van der Waals surface area contributed by atoms with E-state index in [2.05, 4.69) is 10.00 Å². The normalized spacial score (nSPS) is 16.9. The Balaban J connectivity index is 1.35. The van der Waals surface area contributed by atoms with Gasteiger partial charge < -0.3 is 14.4 Å². The number of ketones is 1. The fourth-order valence-electron chi connectivity index (χ4n) is 5.69. The molecular formula is C30H37FN4O4. The number of likely N-dealkylation sites (tertiary alicyclic amines) is 1. The summed E-state index contributed by atoms with van der Waals surface area (Å²) < 4.78 is 27.4. The van der Waals surface area contributed by atoms with Crippen molar-refractivity contribution in [3.63, 3.8) is 0 Å². The van der Waals surface area contributed by atoms with E-state index in [1.54, 1.807) is 0 Å². The highest BCUT2D eigenvalue weighted by Crippen LogP contribution is 2.39. The molecule has 0 unspecified atom stereocenters. The number of methoxy groups -OCH3 is 1. The molecule has 1 spiro atoms. The van der Waals surface area contributed by atoms with Gasteiger partial charge in [-0.1, -0.05) is 26.0 Å². The SMILES string of the molecule is COc1cc(-c2nn(-c3ccc(CCN4CC5(CCOCC5)C4)cc3)c(=O)n2CC(=O)CC(C)C)ccc1F. The van der Waals surface area contributed by atoms with Gasteiger partial charge in [-0.15, -0.1) is 5.10 Å². The molecule has 0 aliphatic carbocycles. The lowest BCUT2D eigenvalue weighted by Gasteiger charge is -2.52. The first-order valence-corrected chi connectivity index (χ1v) is 13.7. The highest BCUT2D eigenvalue weighted by Gasteiger charge is 2.43. The lowest BCUT2D eigenvalue weighted by atomic mass is 9.73. The molecule has 0 radical (unpaired) electrons. The van der Waals surface area contributed by atoms with Crippen LogP contribution in [-0.2, 0) is 22.5 Å². The number of ether oxygens (including phenoxy) is 2. The molecule has 208 valence electrons. The van der Waals surface area contributed by atoms with Crippen molar-refractivity contribution in [1.29, 1.82) is 0 Å². The van der Waals surface area contributed by atoms with Crippen molar-refractivity contribution in [2.75, 3.05) is 40.0 Å². The number of nitrogens with zero attached hydrogens (tertiary/aromatic N) is 4. The van der Waals surface area contributed by atoms with E-state index in [1.165, 1.54) is 40.1 Å². The van der Waals surface area contributed by atoms with E-state index in [-0.39, 0.29) is 24.0 Å². The van der Waals surface area contributed by atoms with Gasteiger partial charge in [0, 0.05) is 50.2 Å². The molecule has 0 N–H and O–H groups in total. The lowest BCUT2D eigenvalue weighted by molar-refractivity contribution is -0.120. The Morgan fingerprint density at radius 2 is 1.85 bits per heavy atom. The highest BCUT2D eigenvalue weighted by molar-refractivity contribution is 5.79. The minimum atomic E-state index is -0.512. The number of hydrogen-bond acceptors (Lipinski definition) is 6. The number of carbonyl (C=O) groups excluding carboxylic acids is 1. The molecule has 0 atom stereocenters. The van der Waals surface area contributed by atoms with Gasteiger partial charge in [0.25, 0.3) is 0 Å². The summed E-state index contributed by atoms with van der Waals surface area (Å²) in [7, 11) is 1.38. The third kappa shape index (κ3) is 5.99. The molecule has 3 aromatic rings. The minimum absolute atomic E-state index is 0.0452. The smallest absolute Gasteiger partial charge is 0.351 e. The van der Waals surface area contributed by atoms with Crippen LogP contribution in [0.3, 0.4) is 0 Å². The van der Waals surface area contributed by atoms with Gasteiger partial charge in [-0.25, -0.2) is 9.18 Å². The number of Topliss-reactive ketones (excluding diaryl/α,β-unsaturated/α-hetero) is 1. The summed E-state index contributed by atoms with van der Waals surface area (Å²) >= 11 is 0. The third-order valence-corrected chi connectivity index (χ3v) is 7.81. The summed E-state index contributed by atoms with van der Waals surface area (Å²) in [5, 5.41) is 4.58. The first kappa shape index (κ1) is 27.3. The van der Waals surface area contributed by atoms with Gasteiger partial charge in [-0.3, -0.25) is 9.36 Å². The summed E-state index contributed by atoms with van der Waals surface area (Å²) in [5.41, 5.74) is 2.34. The number of carbonyl (C=O) groups is 1. The topological polar surface area (TPSA) is 78.6 Å². The summed E-state index contributed by atoms with van der Waals surface area (Å²) in [4.78, 5) is 28.7. The van der Waals surface area contributed by atoms with E-state index in [4.69, 9.17) is 9.47 Å². The maximum atomic E-state index is 14.1. The molecular weight excluding hydrogens is 499 g/mol. The quantitative estimate of drug-likeness (QED) is 0.388. The summed E-state index contributed by atoms with van der Waals surface area (Å²) in [6.45, 7) is 8.88. The second-order valence-electron chi connectivity index (χ2n) is 11.3. The first-order valence-electron chi connectivity index (χ1n) is 13.7. The van der Waals surface area contributed by atoms with E-state index in [1.807, 2.05) is 38.1 Å². The van der Waals surface area contributed by atoms with Gasteiger partial charge in [0.2, 0.25) is 0 Å². The van der Waals surface area contributed by atoms with E-state index in [0.29, 0.717) is 28.9 Å². The highest BCUT2D eigenvalue weighted by atomic mass is 19.1. The Hall–Kier alpha value is -3.30. The van der Waals surface area contributed by atoms with Crippen molar-refractivity contribution < 1.29 is 18.7 Å². The summed E-state index contributed by atoms with van der Waals surface area (Å²) in [6.07, 6.45) is 3.61. The van der Waals surface area contributed by atoms with Crippen LogP contribution < -0.4 is 10.4 Å². The van der Waals surface area contributed by atoms with Crippen molar-refractivity contribution in [3.05, 3.63) is 64.3 Å². The molecule has 0 amide bonds. The number of halogens is 1. The average Bonchev–Trinajstić information content (AvgIpc) is 3.22. The van der Waals surface area contributed by atoms with Crippen LogP contribution in [0.25, 0.3) is 17.1 Å². The standard InChI is InChI=1S/C30H37FN4O4/c1-21(2)16-25(36)18-34-28(23-6-9-26(31)27(17-23)38-3)32-35(29(34)37)24-7-4-22(5-8-24)10-13-33-19-30(20-33)11-14-39-15-12-30/h4-9,17,21H,10-16,18-20H2,1-3H3. The van der Waals surface area contributed by atoms with Gasteiger partial charge in [-0.2, -0.15) is 4.68 Å². The van der Waals surface area contributed by atoms with Gasteiger partial charge >= 0.3 is 5.69 Å². The van der Waals surface area contributed by atoms with Crippen molar-refractivity contribution in [2.45, 2.75) is 46.1 Å². The van der Waals surface area contributed by atoms with E-state index in [9.17, 15) is 14.0 Å². The van der Waals surface area contributed by atoms with Crippen LogP contribution in [0.1, 0.15) is 38.7 Å². The van der Waals surface area contributed by atoms with Crippen LogP contribution in [0, 0.1) is 17.2 Å². The Morgan fingerprint density at radius 3 is 2.51 bits per heavy atom. The predicted molar refractivity (Wildman–Crippen MR) is 147 cm³/mol. The first-order chi connectivity index (χ1) is 18.8. The van der Waals surface area contributed by atoms with Gasteiger partial charge in [0.15, 0.2) is 23.2 Å². The summed E-state index contributed by atoms with van der Waals surface area (Å²) in [6, 6.07) is 12.1. The van der Waals surface area contributed by atoms with Gasteiger partial charge in [0.1, 0.15) is 0 Å². The molecule has 0 saturated carbocycles. The molecule has 2 aliphatic rings. The van der Waals surface area contributed by atoms with Crippen LogP contribution in [0.2, 0.25) is 0 Å². The number of aromatic nitrogens is 3. The minimum Gasteiger partial charge on any atom is -0.494 e. The largest absolute Gasteiger partial charge is 0.494 e. The number of rotatable bonds is 10. The molecule has 2 saturated heterocycles. The maximum absolute atomic E-state index is 14.1. The Bertz CT molecular complexity index is 1360. The lowest BCUT2D eigenvalue weighted by Crippen LogP contribution is -2.58. The molecule has 39 heavy (non-hydrogen) atoms. The second-order valence-corrected chi connectivity index (χ2v) is 11.3. The fourth-order valence-corrected chi connectivity index (χ4v) is 5.69. The molecule has 2 aliphatic heterocycles. The van der Waals surface area contributed by atoms with E-state index in [0.717, 1.165) is 52.1 Å². The van der Waals surface area contributed by atoms with Crippen LogP contribution in [0.15, 0.2) is 47.3 Å². The molecule has 8 nitrogen and oxygen atoms in total. The molecule has 0 bridgehead atoms. The average molecular weight is 537 g/mol. The van der Waals surface area contributed by atoms with E-state index >= 15 is 0 Å². The monoisotopic (exact) mass is 536 g/mol. The van der Waals surface area contributed by atoms with Gasteiger partial charge in [0.05, 0.1) is 19.3 Å². The summed E-state index contributed by atoms with van der Waals surface area (Å²) in [5.74, 6) is -0.0696. The van der Waals surface area contributed by atoms with Gasteiger partial charge in [-0.05, 0) is 61.1 Å². The molecule has 1 aromatic heterocycles. The zero-order valence-corrected chi connectivity index (χ0v) is 23.0. The molecule has 3 heterocycles. The van der Waals surface area contributed by atoms with Crippen LogP contribution in [0.5, 0.6) is 5.75 Å². The molecule has 2 fully saturated rings.